The third-order valence-electron chi connectivity index (χ3n) is 21.5. The van der Waals surface area contributed by atoms with Crippen LogP contribution in [0.5, 0.6) is 0 Å². The predicted octanol–water partition coefficient (Wildman–Crippen LogP) is 24.2. The van der Waals surface area contributed by atoms with E-state index in [2.05, 4.69) is 358 Å². The van der Waals surface area contributed by atoms with Gasteiger partial charge in [-0.3, -0.25) is 0 Å². The van der Waals surface area contributed by atoms with E-state index in [4.69, 9.17) is 0 Å². The molecule has 0 fully saturated rings. The molecule has 1 aliphatic rings. The van der Waals surface area contributed by atoms with Gasteiger partial charge in [0.15, 0.2) is 0 Å². The van der Waals surface area contributed by atoms with Gasteiger partial charge in [0.1, 0.15) is 0 Å². The van der Waals surface area contributed by atoms with Gasteiger partial charge in [0.2, 0.25) is 0 Å². The molecule has 5 heterocycles. The Morgan fingerprint density at radius 2 is 0.608 bits per heavy atom. The highest BCUT2D eigenvalue weighted by atomic mass is 15.0. The molecular weight excluding hydrogens is 1240 g/mol. The Kier molecular flexibility index (Phi) is 13.0. The Bertz CT molecular complexity index is 6900. The normalized spacial score (nSPS) is 12.5. The van der Waals surface area contributed by atoms with Gasteiger partial charge in [0.05, 0.1) is 78.4 Å². The van der Waals surface area contributed by atoms with E-state index in [1.807, 2.05) is 24.3 Å². The summed E-state index contributed by atoms with van der Waals surface area (Å²) in [5.74, 6) is 0. The van der Waals surface area contributed by atoms with E-state index in [0.29, 0.717) is 11.1 Å². The van der Waals surface area contributed by atoms with E-state index in [-0.39, 0.29) is 5.41 Å². The van der Waals surface area contributed by atoms with Crippen LogP contribution in [0.1, 0.15) is 36.1 Å². The summed E-state index contributed by atoms with van der Waals surface area (Å²) in [5, 5.41) is 33.0. The van der Waals surface area contributed by atoms with Crippen LogP contribution in [0, 0.1) is 22.7 Å². The molecule has 7 heteroatoms. The molecule has 7 nitrogen and oxygen atoms in total. The number of para-hydroxylation sites is 8. The zero-order chi connectivity index (χ0) is 67.9. The molecule has 0 aliphatic heterocycles. The minimum atomic E-state index is -0.0847. The summed E-state index contributed by atoms with van der Waals surface area (Å²) in [6.07, 6.45) is 0. The summed E-state index contributed by atoms with van der Waals surface area (Å²) >= 11 is 0. The highest BCUT2D eigenvalue weighted by Crippen LogP contribution is 2.54. The van der Waals surface area contributed by atoms with E-state index in [1.165, 1.54) is 109 Å². The fourth-order valence-corrected chi connectivity index (χ4v) is 17.2. The molecule has 5 aromatic heterocycles. The van der Waals surface area contributed by atoms with Gasteiger partial charge in [0.25, 0.3) is 0 Å². The molecule has 21 rings (SSSR count). The fraction of sp³-hybridized carbons (Fsp3) is 0.0316. The van der Waals surface area contributed by atoms with Crippen LogP contribution in [-0.4, -0.2) is 22.8 Å². The average Bonchev–Trinajstić information content (AvgIpc) is 1.55. The van der Waals surface area contributed by atoms with Gasteiger partial charge < -0.3 is 22.8 Å². The van der Waals surface area contributed by atoms with Gasteiger partial charge in [0, 0.05) is 87.7 Å². The number of aromatic nitrogens is 5. The Balaban J connectivity index is 0.000000137. The number of fused-ring (bicyclic) bond motifs is 20. The molecule has 0 spiro atoms. The zero-order valence-electron chi connectivity index (χ0n) is 55.9. The lowest BCUT2D eigenvalue weighted by atomic mass is 9.82. The Labute approximate surface area is 587 Å². The first-order chi connectivity index (χ1) is 50.3. The van der Waals surface area contributed by atoms with Crippen molar-refractivity contribution in [1.82, 2.24) is 22.8 Å². The first-order valence-corrected chi connectivity index (χ1v) is 34.8. The molecule has 1 aliphatic carbocycles. The van der Waals surface area contributed by atoms with Crippen LogP contribution in [0.2, 0.25) is 0 Å². The predicted molar refractivity (Wildman–Crippen MR) is 422 cm³/mol. The average molecular weight is 1300 g/mol. The zero-order valence-corrected chi connectivity index (χ0v) is 55.9. The first-order valence-electron chi connectivity index (χ1n) is 34.8. The van der Waals surface area contributed by atoms with Gasteiger partial charge >= 0.3 is 0 Å². The van der Waals surface area contributed by atoms with Crippen molar-refractivity contribution in [2.75, 3.05) is 0 Å². The van der Waals surface area contributed by atoms with Gasteiger partial charge in [-0.15, -0.1) is 0 Å². The maximum atomic E-state index is 10.4. The van der Waals surface area contributed by atoms with Gasteiger partial charge in [-0.2, -0.15) is 10.5 Å². The number of hydrogen-bond donors (Lipinski definition) is 0. The Hall–Kier alpha value is -13.7. The second kappa shape index (κ2) is 22.7. The van der Waals surface area contributed by atoms with Crippen LogP contribution in [0.4, 0.5) is 0 Å². The molecule has 0 bridgehead atoms. The van der Waals surface area contributed by atoms with E-state index in [1.54, 1.807) is 0 Å². The third kappa shape index (κ3) is 8.72. The highest BCUT2D eigenvalue weighted by Gasteiger charge is 2.37. The third-order valence-corrected chi connectivity index (χ3v) is 21.5. The summed E-state index contributed by atoms with van der Waals surface area (Å²) in [5.41, 5.74) is 27.4. The molecule has 0 unspecified atom stereocenters. The van der Waals surface area contributed by atoms with Crippen LogP contribution in [-0.2, 0) is 5.41 Å². The molecule has 0 saturated carbocycles. The minimum Gasteiger partial charge on any atom is -0.309 e. The smallest absolute Gasteiger partial charge is 0.0992 e. The lowest BCUT2D eigenvalue weighted by molar-refractivity contribution is 0.661. The minimum absolute atomic E-state index is 0.0847. The molecule has 0 atom stereocenters. The number of benzene rings is 15. The number of nitrogens with zero attached hydrogens (tertiary/aromatic N) is 7. The summed E-state index contributed by atoms with van der Waals surface area (Å²) in [4.78, 5) is 0. The second-order valence-corrected chi connectivity index (χ2v) is 27.4. The van der Waals surface area contributed by atoms with Crippen molar-refractivity contribution in [3.63, 3.8) is 0 Å². The van der Waals surface area contributed by atoms with E-state index < -0.39 is 0 Å². The van der Waals surface area contributed by atoms with Crippen molar-refractivity contribution in [3.05, 3.63) is 356 Å². The van der Waals surface area contributed by atoms with Crippen LogP contribution in [0.3, 0.4) is 0 Å². The first kappa shape index (κ1) is 58.4. The SMILES string of the molecule is CC1(C)c2ccccc2-c2c1ccc1c2c2ccccc2n1-c1cc(C#N)cc(-c2cccc(-n3c4ccccc4c4ccccc43)c2)c1.N#Cc1cc(-c2cccc(-n3c4ccccc4c4ccccc43)c2)cc(-n2c3ccccc3c3c2ccc2c4ccccc4n(-c4ccccc4)c23)c1. The van der Waals surface area contributed by atoms with Gasteiger partial charge in [-0.1, -0.05) is 220 Å². The van der Waals surface area contributed by atoms with Crippen LogP contribution in [0.15, 0.2) is 334 Å². The molecule has 0 N–H and O–H groups in total. The quantitative estimate of drug-likeness (QED) is 0.159. The summed E-state index contributed by atoms with van der Waals surface area (Å²) in [6, 6.07) is 124. The Morgan fingerprint density at radius 3 is 1.10 bits per heavy atom. The van der Waals surface area contributed by atoms with E-state index >= 15 is 0 Å². The molecule has 20 aromatic rings. The van der Waals surface area contributed by atoms with Crippen molar-refractivity contribution in [2.45, 2.75) is 19.3 Å². The topological polar surface area (TPSA) is 72.2 Å². The molecule has 0 amide bonds. The molecule has 102 heavy (non-hydrogen) atoms. The van der Waals surface area contributed by atoms with Crippen molar-refractivity contribution in [2.24, 2.45) is 0 Å². The maximum absolute atomic E-state index is 10.4. The standard InChI is InChI=1S/C49H30N4.C46H31N3/c50-31-32-27-34(33-13-12-16-36(29-33)51-43-21-8-4-17-38(43)39-18-5-9-22-44(39)51)30-37(28-32)52-46-24-11-7-20-42(46)48-47(52)26-25-41-40-19-6-10-23-45(40)53(49(41)48)35-14-2-1-3-15-35;1-46(2)38-18-7-3-16-36(38)44-39(46)22-23-43-45(44)37-17-6-10-21-42(37)49(43)33-25-29(28-47)24-31(27-33)30-12-11-13-32(26-30)48-40-19-8-4-14-34(40)35-15-5-9-20-41(35)48/h1-30H;3-27H,1-2H3. The highest BCUT2D eigenvalue weighted by molar-refractivity contribution is 6.26. The largest absolute Gasteiger partial charge is 0.309 e. The van der Waals surface area contributed by atoms with Crippen molar-refractivity contribution in [1.29, 1.82) is 10.5 Å². The fourth-order valence-electron chi connectivity index (χ4n) is 17.2. The lowest BCUT2D eigenvalue weighted by Crippen LogP contribution is -2.14. The van der Waals surface area contributed by atoms with Gasteiger partial charge in [-0.25, -0.2) is 0 Å². The summed E-state index contributed by atoms with van der Waals surface area (Å²) in [7, 11) is 0. The van der Waals surface area contributed by atoms with Crippen LogP contribution in [0.25, 0.3) is 171 Å². The van der Waals surface area contributed by atoms with Gasteiger partial charge in [-0.05, 0) is 172 Å². The van der Waals surface area contributed by atoms with Crippen molar-refractivity contribution >= 4 is 109 Å². The molecule has 0 saturated heterocycles. The summed E-state index contributed by atoms with van der Waals surface area (Å²) in [6.45, 7) is 4.66. The lowest BCUT2D eigenvalue weighted by Gasteiger charge is -2.21. The number of nitriles is 2. The Morgan fingerprint density at radius 1 is 0.245 bits per heavy atom. The monoisotopic (exact) mass is 1300 g/mol. The molecule has 0 radical (unpaired) electrons. The van der Waals surface area contributed by atoms with E-state index in [0.717, 1.165) is 72.8 Å². The van der Waals surface area contributed by atoms with Crippen LogP contribution < -0.4 is 0 Å². The second-order valence-electron chi connectivity index (χ2n) is 27.4. The van der Waals surface area contributed by atoms with Crippen molar-refractivity contribution < 1.29 is 0 Å². The summed E-state index contributed by atoms with van der Waals surface area (Å²) < 4.78 is 11.8. The molecule has 15 aromatic carbocycles. The van der Waals surface area contributed by atoms with Crippen molar-refractivity contribution in [3.8, 4) is 74.0 Å². The number of rotatable bonds is 7. The number of hydrogen-bond acceptors (Lipinski definition) is 2. The van der Waals surface area contributed by atoms with E-state index in [9.17, 15) is 10.5 Å². The van der Waals surface area contributed by atoms with Crippen LogP contribution >= 0.6 is 0 Å². The molecular formula is C95H61N7. The molecule has 476 valence electrons. The maximum Gasteiger partial charge on any atom is 0.0992 e.